The van der Waals surface area contributed by atoms with Crippen LogP contribution in [0.1, 0.15) is 38.3 Å². The van der Waals surface area contributed by atoms with Crippen LogP contribution in [0.4, 0.5) is 0 Å². The molecule has 7 heteroatoms. The van der Waals surface area contributed by atoms with Crippen LogP contribution in [-0.4, -0.2) is 28.8 Å². The van der Waals surface area contributed by atoms with E-state index in [0.717, 1.165) is 12.0 Å². The molecule has 2 amide bonds. The molecule has 0 unspecified atom stereocenters. The molecule has 0 heterocycles. The minimum absolute atomic E-state index is 0.0158. The Morgan fingerprint density at radius 3 is 2.14 bits per heavy atom. The molecule has 0 spiro atoms. The molecule has 0 saturated heterocycles. The summed E-state index contributed by atoms with van der Waals surface area (Å²) in [6.45, 7) is 5.76. The Kier molecular flexibility index (Phi) is 8.81. The number of carbonyl (C=O) groups is 2. The van der Waals surface area contributed by atoms with E-state index in [2.05, 4.69) is 5.32 Å². The average Bonchev–Trinajstić information content (AvgIpc) is 2.68. The molecule has 156 valence electrons. The highest BCUT2D eigenvalue weighted by Gasteiger charge is 2.28. The largest absolute Gasteiger partial charge is 0.352 e. The smallest absolute Gasteiger partial charge is 0.242 e. The third-order valence-electron chi connectivity index (χ3n) is 4.83. The maximum absolute atomic E-state index is 13.2. The van der Waals surface area contributed by atoms with Crippen LogP contribution >= 0.6 is 34.8 Å². The molecule has 0 radical (unpaired) electrons. The van der Waals surface area contributed by atoms with Crippen molar-refractivity contribution in [3.05, 3.63) is 68.7 Å². The Hall–Kier alpha value is -1.75. The molecule has 2 rings (SSSR count). The first-order valence-corrected chi connectivity index (χ1v) is 10.6. The summed E-state index contributed by atoms with van der Waals surface area (Å²) in [5.74, 6) is -0.415. The fourth-order valence-electron chi connectivity index (χ4n) is 2.78. The van der Waals surface area contributed by atoms with Gasteiger partial charge in [0.2, 0.25) is 11.8 Å². The number of carbonyl (C=O) groups excluding carboxylic acids is 2. The molecular formula is C22H25Cl3N2O2. The summed E-state index contributed by atoms with van der Waals surface area (Å²) in [4.78, 5) is 27.4. The van der Waals surface area contributed by atoms with Gasteiger partial charge in [0.05, 0.1) is 6.42 Å². The Labute approximate surface area is 187 Å². The number of hydrogen-bond donors (Lipinski definition) is 1. The van der Waals surface area contributed by atoms with Gasteiger partial charge in [0, 0.05) is 33.2 Å². The maximum atomic E-state index is 13.2. The molecular weight excluding hydrogens is 431 g/mol. The summed E-state index contributed by atoms with van der Waals surface area (Å²) in [6.07, 6.45) is 0.938. The molecule has 2 atom stereocenters. The van der Waals surface area contributed by atoms with E-state index in [1.54, 1.807) is 49.4 Å². The predicted octanol–water partition coefficient (Wildman–Crippen LogP) is 5.52. The lowest BCUT2D eigenvalue weighted by atomic mass is 10.1. The quantitative estimate of drug-likeness (QED) is 0.569. The van der Waals surface area contributed by atoms with Crippen molar-refractivity contribution >= 4 is 46.6 Å². The third kappa shape index (κ3) is 6.63. The highest BCUT2D eigenvalue weighted by molar-refractivity contribution is 6.36. The fourth-order valence-corrected chi connectivity index (χ4v) is 3.42. The third-order valence-corrected chi connectivity index (χ3v) is 5.79. The second kappa shape index (κ2) is 10.9. The van der Waals surface area contributed by atoms with Gasteiger partial charge in [0.1, 0.15) is 6.04 Å². The second-order valence-corrected chi connectivity index (χ2v) is 8.27. The lowest BCUT2D eigenvalue weighted by molar-refractivity contribution is -0.140. The van der Waals surface area contributed by atoms with E-state index in [9.17, 15) is 9.59 Å². The number of hydrogen-bond acceptors (Lipinski definition) is 2. The van der Waals surface area contributed by atoms with Gasteiger partial charge in [-0.3, -0.25) is 9.59 Å². The van der Waals surface area contributed by atoms with E-state index >= 15 is 0 Å². The van der Waals surface area contributed by atoms with E-state index in [1.165, 1.54) is 4.90 Å². The zero-order valence-electron chi connectivity index (χ0n) is 16.7. The summed E-state index contributed by atoms with van der Waals surface area (Å²) < 4.78 is 0. The summed E-state index contributed by atoms with van der Waals surface area (Å²) >= 11 is 18.5. The van der Waals surface area contributed by atoms with Crippen LogP contribution in [0.25, 0.3) is 0 Å². The molecule has 0 aliphatic heterocycles. The van der Waals surface area contributed by atoms with Gasteiger partial charge in [-0.2, -0.15) is 0 Å². The molecule has 2 aromatic carbocycles. The van der Waals surface area contributed by atoms with Gasteiger partial charge >= 0.3 is 0 Å². The van der Waals surface area contributed by atoms with Crippen LogP contribution in [0.2, 0.25) is 15.1 Å². The SMILES string of the molecule is CC[C@H](C)NC(=O)[C@H](C)N(Cc1c(Cl)cccc1Cl)C(=O)Cc1ccc(Cl)cc1. The van der Waals surface area contributed by atoms with Crippen molar-refractivity contribution in [2.45, 2.75) is 52.2 Å². The predicted molar refractivity (Wildman–Crippen MR) is 120 cm³/mol. The van der Waals surface area contributed by atoms with Crippen molar-refractivity contribution in [2.75, 3.05) is 0 Å². The van der Waals surface area contributed by atoms with Gasteiger partial charge in [-0.25, -0.2) is 0 Å². The number of nitrogens with zero attached hydrogens (tertiary/aromatic N) is 1. The molecule has 0 aliphatic carbocycles. The Balaban J connectivity index is 2.29. The molecule has 0 saturated carbocycles. The summed E-state index contributed by atoms with van der Waals surface area (Å²) in [6, 6.07) is 11.6. The maximum Gasteiger partial charge on any atom is 0.242 e. The number of benzene rings is 2. The van der Waals surface area contributed by atoms with Crippen LogP contribution in [0.5, 0.6) is 0 Å². The zero-order valence-corrected chi connectivity index (χ0v) is 19.0. The van der Waals surface area contributed by atoms with Gasteiger partial charge in [-0.15, -0.1) is 0 Å². The van der Waals surface area contributed by atoms with Crippen molar-refractivity contribution < 1.29 is 9.59 Å². The topological polar surface area (TPSA) is 49.4 Å². The number of amides is 2. The lowest BCUT2D eigenvalue weighted by Gasteiger charge is -2.30. The van der Waals surface area contributed by atoms with E-state index in [0.29, 0.717) is 20.6 Å². The number of nitrogens with one attached hydrogen (secondary N) is 1. The van der Waals surface area contributed by atoms with Gasteiger partial charge in [-0.05, 0) is 50.1 Å². The number of halogens is 3. The van der Waals surface area contributed by atoms with Gasteiger partial charge in [-0.1, -0.05) is 59.9 Å². The van der Waals surface area contributed by atoms with Crippen LogP contribution in [-0.2, 0) is 22.6 Å². The lowest BCUT2D eigenvalue weighted by Crippen LogP contribution is -2.50. The monoisotopic (exact) mass is 454 g/mol. The summed E-state index contributed by atoms with van der Waals surface area (Å²) in [7, 11) is 0. The van der Waals surface area contributed by atoms with Crippen molar-refractivity contribution in [1.29, 1.82) is 0 Å². The normalized spacial score (nSPS) is 12.9. The molecule has 0 aliphatic rings. The van der Waals surface area contributed by atoms with Crippen molar-refractivity contribution in [2.24, 2.45) is 0 Å². The molecule has 4 nitrogen and oxygen atoms in total. The Bertz CT molecular complexity index is 835. The van der Waals surface area contributed by atoms with Crippen molar-refractivity contribution in [1.82, 2.24) is 10.2 Å². The van der Waals surface area contributed by atoms with E-state index in [-0.39, 0.29) is 30.8 Å². The number of rotatable bonds is 8. The summed E-state index contributed by atoms with van der Waals surface area (Å²) in [5.41, 5.74) is 1.42. The van der Waals surface area contributed by atoms with Crippen LogP contribution in [0.15, 0.2) is 42.5 Å². The average molecular weight is 456 g/mol. The molecule has 0 bridgehead atoms. The Morgan fingerprint density at radius 2 is 1.59 bits per heavy atom. The minimum Gasteiger partial charge on any atom is -0.352 e. The van der Waals surface area contributed by atoms with Gasteiger partial charge in [0.15, 0.2) is 0 Å². The van der Waals surface area contributed by atoms with E-state index in [1.807, 2.05) is 13.8 Å². The van der Waals surface area contributed by atoms with Gasteiger partial charge < -0.3 is 10.2 Å². The standard InChI is InChI=1S/C22H25Cl3N2O2/c1-4-14(2)26-22(29)15(3)27(13-18-19(24)6-5-7-20(18)25)21(28)12-16-8-10-17(23)11-9-16/h5-11,14-15H,4,12-13H2,1-3H3,(H,26,29)/t14-,15-/m0/s1. The molecule has 0 fully saturated rings. The summed E-state index contributed by atoms with van der Waals surface area (Å²) in [5, 5.41) is 4.44. The first-order chi connectivity index (χ1) is 13.7. The zero-order chi connectivity index (χ0) is 21.6. The highest BCUT2D eigenvalue weighted by atomic mass is 35.5. The van der Waals surface area contributed by atoms with Crippen LogP contribution in [0.3, 0.4) is 0 Å². The molecule has 2 aromatic rings. The first kappa shape index (κ1) is 23.5. The fraction of sp³-hybridized carbons (Fsp3) is 0.364. The minimum atomic E-state index is -0.684. The molecule has 0 aromatic heterocycles. The van der Waals surface area contributed by atoms with E-state index in [4.69, 9.17) is 34.8 Å². The molecule has 1 N–H and O–H groups in total. The highest BCUT2D eigenvalue weighted by Crippen LogP contribution is 2.27. The van der Waals surface area contributed by atoms with E-state index < -0.39 is 6.04 Å². The van der Waals surface area contributed by atoms with Gasteiger partial charge in [0.25, 0.3) is 0 Å². The Morgan fingerprint density at radius 1 is 1.00 bits per heavy atom. The van der Waals surface area contributed by atoms with Crippen molar-refractivity contribution in [3.63, 3.8) is 0 Å². The molecule has 29 heavy (non-hydrogen) atoms. The van der Waals surface area contributed by atoms with Crippen molar-refractivity contribution in [3.8, 4) is 0 Å². The van der Waals surface area contributed by atoms with Crippen LogP contribution < -0.4 is 5.32 Å². The first-order valence-electron chi connectivity index (χ1n) is 9.50. The van der Waals surface area contributed by atoms with Crippen LogP contribution in [0, 0.1) is 0 Å². The second-order valence-electron chi connectivity index (χ2n) is 7.02.